The zero-order valence-electron chi connectivity index (χ0n) is 11.4. The van der Waals surface area contributed by atoms with Crippen molar-refractivity contribution >= 4 is 33.4 Å². The molecule has 0 spiro atoms. The summed E-state index contributed by atoms with van der Waals surface area (Å²) in [6, 6.07) is 7.96. The third-order valence-electron chi connectivity index (χ3n) is 3.36. The smallest absolute Gasteiger partial charge is 0.170 e. The van der Waals surface area contributed by atoms with E-state index in [1.54, 1.807) is 26.0 Å². The Hall–Kier alpha value is -1.50. The summed E-state index contributed by atoms with van der Waals surface area (Å²) in [5.74, 6) is 0. The van der Waals surface area contributed by atoms with Gasteiger partial charge in [-0.05, 0) is 12.1 Å². The van der Waals surface area contributed by atoms with Gasteiger partial charge in [-0.1, -0.05) is 23.9 Å². The number of anilines is 1. The molecule has 1 unspecified atom stereocenters. The van der Waals surface area contributed by atoms with Crippen LogP contribution in [0, 0.1) is 0 Å². The molecule has 20 heavy (non-hydrogen) atoms. The number of para-hydroxylation sites is 1. The number of nitrogens with zero attached hydrogens (tertiary/aromatic N) is 1. The summed E-state index contributed by atoms with van der Waals surface area (Å²) in [4.78, 5) is 7.92. The lowest BCUT2D eigenvalue weighted by Crippen LogP contribution is -2.28. The van der Waals surface area contributed by atoms with Gasteiger partial charge in [0, 0.05) is 19.6 Å². The number of hydrogen-bond donors (Lipinski definition) is 2. The summed E-state index contributed by atoms with van der Waals surface area (Å²) in [6.45, 7) is 0.692. The molecule has 1 atom stereocenters. The topological polar surface area (TPSA) is 72.6 Å². The Morgan fingerprint density at radius 2 is 2.20 bits per heavy atom. The molecule has 0 saturated carbocycles. The number of H-pyrrole nitrogens is 1. The molecule has 0 fully saturated rings. The van der Waals surface area contributed by atoms with Crippen molar-refractivity contribution < 1.29 is 9.47 Å². The number of methoxy groups -OCH3 is 2. The molecule has 1 aromatic heterocycles. The Balaban J connectivity index is 1.84. The van der Waals surface area contributed by atoms with Crippen LogP contribution in [0.2, 0.25) is 0 Å². The molecule has 5 nitrogen and oxygen atoms in total. The maximum atomic E-state index is 5.97. The van der Waals surface area contributed by atoms with Crippen LogP contribution in [0.5, 0.6) is 0 Å². The average Bonchev–Trinajstić information content (AvgIpc) is 3.07. The molecule has 6 heteroatoms. The third-order valence-corrected chi connectivity index (χ3v) is 4.61. The Morgan fingerprint density at radius 3 is 2.90 bits per heavy atom. The predicted molar refractivity (Wildman–Crippen MR) is 83.3 cm³/mol. The monoisotopic (exact) mass is 291 g/mol. The number of aromatic amines is 1. The van der Waals surface area contributed by atoms with Gasteiger partial charge in [-0.2, -0.15) is 0 Å². The summed E-state index contributed by atoms with van der Waals surface area (Å²) in [5.41, 5.74) is 8.68. The first-order valence-corrected chi connectivity index (χ1v) is 7.25. The van der Waals surface area contributed by atoms with Crippen molar-refractivity contribution in [1.29, 1.82) is 0 Å². The van der Waals surface area contributed by atoms with E-state index in [0.29, 0.717) is 6.54 Å². The third kappa shape index (κ3) is 2.30. The van der Waals surface area contributed by atoms with Crippen LogP contribution in [0.4, 0.5) is 5.69 Å². The zero-order chi connectivity index (χ0) is 14.1. The molecule has 2 aromatic rings. The first-order chi connectivity index (χ1) is 9.72. The zero-order valence-corrected chi connectivity index (χ0v) is 12.2. The standard InChI is InChI=1S/C14H17N3O2S/c1-18-14(19-2)11-7-16-13(20-11)10-6-8-4-3-5-9(15)12(8)17-10/h3-6,11,14,17H,7,15H2,1-2H3. The highest BCUT2D eigenvalue weighted by molar-refractivity contribution is 8.15. The summed E-state index contributed by atoms with van der Waals surface area (Å²) >= 11 is 1.67. The van der Waals surface area contributed by atoms with Gasteiger partial charge in [-0.3, -0.25) is 4.99 Å². The lowest BCUT2D eigenvalue weighted by molar-refractivity contribution is -0.0994. The number of nitrogens with two attached hydrogens (primary N) is 1. The van der Waals surface area contributed by atoms with Gasteiger partial charge in [0.15, 0.2) is 6.29 Å². The van der Waals surface area contributed by atoms with E-state index < -0.39 is 0 Å². The molecule has 0 radical (unpaired) electrons. The van der Waals surface area contributed by atoms with Gasteiger partial charge in [-0.25, -0.2) is 0 Å². The van der Waals surface area contributed by atoms with Crippen molar-refractivity contribution in [2.75, 3.05) is 26.5 Å². The van der Waals surface area contributed by atoms with Gasteiger partial charge >= 0.3 is 0 Å². The number of thioether (sulfide) groups is 1. The minimum Gasteiger partial charge on any atom is -0.397 e. The second-order valence-electron chi connectivity index (χ2n) is 4.64. The summed E-state index contributed by atoms with van der Waals surface area (Å²) in [6.07, 6.45) is -0.240. The van der Waals surface area contributed by atoms with Crippen LogP contribution in [-0.4, -0.2) is 42.3 Å². The number of benzene rings is 1. The lowest BCUT2D eigenvalue weighted by Gasteiger charge is -2.18. The van der Waals surface area contributed by atoms with Gasteiger partial charge in [0.25, 0.3) is 0 Å². The maximum absolute atomic E-state index is 5.97. The Labute approximate surface area is 121 Å². The maximum Gasteiger partial charge on any atom is 0.170 e. The molecule has 3 N–H and O–H groups in total. The van der Waals surface area contributed by atoms with Crippen LogP contribution in [-0.2, 0) is 9.47 Å². The molecule has 0 aliphatic carbocycles. The minimum absolute atomic E-state index is 0.184. The fourth-order valence-electron chi connectivity index (χ4n) is 2.38. The second-order valence-corrected chi connectivity index (χ2v) is 5.86. The Kier molecular flexibility index (Phi) is 3.69. The van der Waals surface area contributed by atoms with E-state index in [1.807, 2.05) is 18.2 Å². The quantitative estimate of drug-likeness (QED) is 0.669. The number of aliphatic imine (C=N–C) groups is 1. The van der Waals surface area contributed by atoms with Crippen LogP contribution in [0.3, 0.4) is 0 Å². The van der Waals surface area contributed by atoms with Crippen molar-refractivity contribution in [1.82, 2.24) is 4.98 Å². The highest BCUT2D eigenvalue weighted by atomic mass is 32.2. The van der Waals surface area contributed by atoms with Crippen LogP contribution in [0.1, 0.15) is 5.69 Å². The number of nitrogen functional groups attached to an aromatic ring is 1. The van der Waals surface area contributed by atoms with Gasteiger partial charge in [0.1, 0.15) is 5.04 Å². The van der Waals surface area contributed by atoms with E-state index >= 15 is 0 Å². The van der Waals surface area contributed by atoms with E-state index in [2.05, 4.69) is 16.0 Å². The molecule has 3 rings (SSSR count). The molecule has 106 valence electrons. The number of fused-ring (bicyclic) bond motifs is 1. The second kappa shape index (κ2) is 5.47. The van der Waals surface area contributed by atoms with Crippen LogP contribution < -0.4 is 5.73 Å². The minimum atomic E-state index is -0.240. The van der Waals surface area contributed by atoms with Gasteiger partial charge in [0.05, 0.1) is 28.7 Å². The summed E-state index contributed by atoms with van der Waals surface area (Å²) in [5, 5.41) is 2.26. The molecule has 0 bridgehead atoms. The number of nitrogens with one attached hydrogen (secondary N) is 1. The summed E-state index contributed by atoms with van der Waals surface area (Å²) < 4.78 is 10.6. The fraction of sp³-hybridized carbons (Fsp3) is 0.357. The first kappa shape index (κ1) is 13.5. The normalized spacial score (nSPS) is 18.9. The summed E-state index contributed by atoms with van der Waals surface area (Å²) in [7, 11) is 3.30. The molecule has 1 aromatic carbocycles. The molecular weight excluding hydrogens is 274 g/mol. The van der Waals surface area contributed by atoms with Crippen molar-refractivity contribution in [3.63, 3.8) is 0 Å². The largest absolute Gasteiger partial charge is 0.397 e. The van der Waals surface area contributed by atoms with Crippen LogP contribution in [0.15, 0.2) is 29.3 Å². The van der Waals surface area contributed by atoms with Crippen LogP contribution in [0.25, 0.3) is 10.9 Å². The number of rotatable bonds is 4. The Bertz CT molecular complexity index is 649. The van der Waals surface area contributed by atoms with E-state index in [4.69, 9.17) is 15.2 Å². The predicted octanol–water partition coefficient (Wildman–Crippen LogP) is 2.23. The average molecular weight is 291 g/mol. The van der Waals surface area contributed by atoms with E-state index in [0.717, 1.165) is 27.3 Å². The van der Waals surface area contributed by atoms with E-state index in [1.165, 1.54) is 0 Å². The first-order valence-electron chi connectivity index (χ1n) is 6.37. The van der Waals surface area contributed by atoms with Gasteiger partial charge < -0.3 is 20.2 Å². The van der Waals surface area contributed by atoms with Gasteiger partial charge in [0.2, 0.25) is 0 Å². The molecule has 1 aliphatic heterocycles. The molecule has 2 heterocycles. The number of aromatic nitrogens is 1. The Morgan fingerprint density at radius 1 is 1.40 bits per heavy atom. The molecule has 0 amide bonds. The number of ether oxygens (including phenoxy) is 2. The lowest BCUT2D eigenvalue weighted by atomic mass is 10.2. The SMILES string of the molecule is COC(OC)C1CN=C(c2cc3cccc(N)c3[nH]2)S1. The molecule has 0 saturated heterocycles. The van der Waals surface area contributed by atoms with Crippen molar-refractivity contribution in [3.05, 3.63) is 30.0 Å². The number of hydrogen-bond acceptors (Lipinski definition) is 5. The molecule has 1 aliphatic rings. The van der Waals surface area contributed by atoms with E-state index in [-0.39, 0.29) is 11.5 Å². The van der Waals surface area contributed by atoms with Crippen molar-refractivity contribution in [2.24, 2.45) is 4.99 Å². The molecular formula is C14H17N3O2S. The van der Waals surface area contributed by atoms with Crippen LogP contribution >= 0.6 is 11.8 Å². The van der Waals surface area contributed by atoms with Crippen molar-refractivity contribution in [3.8, 4) is 0 Å². The van der Waals surface area contributed by atoms with Crippen molar-refractivity contribution in [2.45, 2.75) is 11.5 Å². The van der Waals surface area contributed by atoms with E-state index in [9.17, 15) is 0 Å². The van der Waals surface area contributed by atoms with Gasteiger partial charge in [-0.15, -0.1) is 0 Å². The highest BCUT2D eigenvalue weighted by Crippen LogP contribution is 2.31. The fourth-order valence-corrected chi connectivity index (χ4v) is 3.53. The highest BCUT2D eigenvalue weighted by Gasteiger charge is 2.29.